The summed E-state index contributed by atoms with van der Waals surface area (Å²) in [5.74, 6) is 0.838. The number of hydrogen-bond donors (Lipinski definition) is 1. The molecule has 7 rings (SSSR count). The molecule has 27 heavy (non-hydrogen) atoms. The lowest BCUT2D eigenvalue weighted by Gasteiger charge is -2.52. The summed E-state index contributed by atoms with van der Waals surface area (Å²) in [6, 6.07) is 9.06. The zero-order valence-corrected chi connectivity index (χ0v) is 17.4. The van der Waals surface area contributed by atoms with Crippen molar-refractivity contribution in [2.45, 2.75) is 62.4 Å². The van der Waals surface area contributed by atoms with Gasteiger partial charge in [-0.2, -0.15) is 0 Å². The van der Waals surface area contributed by atoms with E-state index in [0.717, 1.165) is 4.88 Å². The van der Waals surface area contributed by atoms with E-state index in [0.29, 0.717) is 22.9 Å². The number of amides is 1. The first-order chi connectivity index (χ1) is 12.6. The molecular formula is C22H27ClN2OS. The van der Waals surface area contributed by atoms with Gasteiger partial charge in [0, 0.05) is 10.2 Å². The fourth-order valence-corrected chi connectivity index (χ4v) is 6.87. The molecule has 1 spiro atoms. The summed E-state index contributed by atoms with van der Waals surface area (Å²) in [6.07, 6.45) is 7.58. The molecule has 2 aromatic rings. The van der Waals surface area contributed by atoms with Crippen molar-refractivity contribution >= 4 is 39.7 Å². The molecule has 2 bridgehead atoms. The normalized spacial score (nSPS) is 31.5. The Morgan fingerprint density at radius 2 is 1.93 bits per heavy atom. The van der Waals surface area contributed by atoms with E-state index in [-0.39, 0.29) is 18.3 Å². The largest absolute Gasteiger partial charge is 0.346 e. The van der Waals surface area contributed by atoms with E-state index in [1.807, 2.05) is 0 Å². The van der Waals surface area contributed by atoms with Gasteiger partial charge in [-0.05, 0) is 80.0 Å². The van der Waals surface area contributed by atoms with Crippen LogP contribution in [0.1, 0.15) is 60.7 Å². The summed E-state index contributed by atoms with van der Waals surface area (Å²) < 4.78 is 1.33. The van der Waals surface area contributed by atoms with Gasteiger partial charge in [-0.3, -0.25) is 9.69 Å². The molecule has 2 aliphatic carbocycles. The van der Waals surface area contributed by atoms with Crippen molar-refractivity contribution in [1.82, 2.24) is 10.2 Å². The van der Waals surface area contributed by atoms with Crippen molar-refractivity contribution in [1.29, 1.82) is 0 Å². The second-order valence-electron chi connectivity index (χ2n) is 9.27. The van der Waals surface area contributed by atoms with Crippen LogP contribution in [0, 0.1) is 5.92 Å². The third-order valence-electron chi connectivity index (χ3n) is 7.69. The molecule has 1 aromatic heterocycles. The first kappa shape index (κ1) is 18.0. The Bertz CT molecular complexity index is 906. The molecule has 1 atom stereocenters. The van der Waals surface area contributed by atoms with Crippen LogP contribution in [0.25, 0.3) is 10.1 Å². The quantitative estimate of drug-likeness (QED) is 0.804. The number of hydrogen-bond acceptors (Lipinski definition) is 3. The van der Waals surface area contributed by atoms with E-state index < -0.39 is 0 Å². The number of benzene rings is 1. The smallest absolute Gasteiger partial charge is 0.261 e. The van der Waals surface area contributed by atoms with Gasteiger partial charge in [0.25, 0.3) is 5.91 Å². The average Bonchev–Trinajstić information content (AvgIpc) is 3.56. The number of nitrogens with one attached hydrogen (secondary N) is 1. The number of piperidine rings is 3. The van der Waals surface area contributed by atoms with Crippen LogP contribution >= 0.6 is 23.7 Å². The first-order valence-corrected chi connectivity index (χ1v) is 11.0. The number of rotatable bonds is 3. The fourth-order valence-electron chi connectivity index (χ4n) is 5.64. The molecule has 1 N–H and O–H groups in total. The molecular weight excluding hydrogens is 376 g/mol. The highest BCUT2D eigenvalue weighted by Crippen LogP contribution is 2.54. The molecule has 5 heteroatoms. The zero-order chi connectivity index (χ0) is 17.5. The van der Waals surface area contributed by atoms with E-state index >= 15 is 0 Å². The van der Waals surface area contributed by atoms with Gasteiger partial charge in [0.2, 0.25) is 0 Å². The maximum atomic E-state index is 13.1. The monoisotopic (exact) mass is 402 g/mol. The van der Waals surface area contributed by atoms with E-state index in [1.54, 1.807) is 11.3 Å². The third kappa shape index (κ3) is 2.60. The third-order valence-corrected chi connectivity index (χ3v) is 8.87. The lowest BCUT2D eigenvalue weighted by molar-refractivity contribution is -0.00138. The van der Waals surface area contributed by atoms with Crippen molar-refractivity contribution in [3.05, 3.63) is 34.7 Å². The van der Waals surface area contributed by atoms with E-state index in [2.05, 4.69) is 41.4 Å². The molecule has 0 radical (unpaired) electrons. The number of nitrogens with zero attached hydrogens (tertiary/aromatic N) is 1. The highest BCUT2D eigenvalue weighted by atomic mass is 35.5. The van der Waals surface area contributed by atoms with Gasteiger partial charge in [0.15, 0.2) is 0 Å². The lowest BCUT2D eigenvalue weighted by Crippen LogP contribution is -2.65. The van der Waals surface area contributed by atoms with Gasteiger partial charge >= 0.3 is 0 Å². The van der Waals surface area contributed by atoms with E-state index in [1.165, 1.54) is 67.3 Å². The first-order valence-electron chi connectivity index (χ1n) is 10.2. The second-order valence-corrected chi connectivity index (χ2v) is 10.3. The van der Waals surface area contributed by atoms with Gasteiger partial charge in [0.05, 0.1) is 10.9 Å². The molecule has 1 aromatic carbocycles. The van der Waals surface area contributed by atoms with Gasteiger partial charge in [-0.1, -0.05) is 25.1 Å². The van der Waals surface area contributed by atoms with Crippen molar-refractivity contribution in [3.63, 3.8) is 0 Å². The number of halogens is 1. The Morgan fingerprint density at radius 1 is 1.19 bits per heavy atom. The minimum Gasteiger partial charge on any atom is -0.346 e. The summed E-state index contributed by atoms with van der Waals surface area (Å²) in [4.78, 5) is 16.7. The van der Waals surface area contributed by atoms with Gasteiger partial charge in [-0.25, -0.2) is 0 Å². The van der Waals surface area contributed by atoms with Crippen molar-refractivity contribution < 1.29 is 4.79 Å². The molecule has 3 nitrogen and oxygen atoms in total. The molecule has 144 valence electrons. The number of carbonyl (C=O) groups excluding carboxylic acids is 1. The molecule has 4 heterocycles. The molecule has 1 amide bonds. The Kier molecular flexibility index (Phi) is 3.96. The lowest BCUT2D eigenvalue weighted by atomic mass is 9.77. The van der Waals surface area contributed by atoms with Crippen LogP contribution < -0.4 is 5.32 Å². The van der Waals surface area contributed by atoms with E-state index in [4.69, 9.17) is 0 Å². The van der Waals surface area contributed by atoms with Crippen LogP contribution in [-0.4, -0.2) is 35.5 Å². The van der Waals surface area contributed by atoms with Gasteiger partial charge in [-0.15, -0.1) is 23.7 Å². The summed E-state index contributed by atoms with van der Waals surface area (Å²) in [6.45, 7) is 4.83. The summed E-state index contributed by atoms with van der Waals surface area (Å²) >= 11 is 1.70. The summed E-state index contributed by atoms with van der Waals surface area (Å²) in [5, 5.41) is 4.72. The van der Waals surface area contributed by atoms with Crippen LogP contribution in [0.4, 0.5) is 0 Å². The topological polar surface area (TPSA) is 32.3 Å². The molecule has 3 saturated heterocycles. The van der Waals surface area contributed by atoms with Crippen LogP contribution in [-0.2, 0) is 5.41 Å². The Labute approximate surface area is 170 Å². The predicted octanol–water partition coefficient (Wildman–Crippen LogP) is 4.73. The summed E-state index contributed by atoms with van der Waals surface area (Å²) in [5.41, 5.74) is 2.09. The van der Waals surface area contributed by atoms with Crippen molar-refractivity contribution in [2.24, 2.45) is 5.92 Å². The molecule has 5 aliphatic rings. The minimum atomic E-state index is 0. The molecule has 0 unspecified atom stereocenters. The highest BCUT2D eigenvalue weighted by molar-refractivity contribution is 7.21. The Balaban J connectivity index is 0.00000160. The van der Waals surface area contributed by atoms with Gasteiger partial charge in [0.1, 0.15) is 0 Å². The molecule has 2 saturated carbocycles. The minimum absolute atomic E-state index is 0. The number of thiophene rings is 1. The summed E-state index contributed by atoms with van der Waals surface area (Å²) in [7, 11) is 0. The second kappa shape index (κ2) is 5.95. The van der Waals surface area contributed by atoms with Crippen LogP contribution in [0.3, 0.4) is 0 Å². The van der Waals surface area contributed by atoms with Crippen LogP contribution in [0.2, 0.25) is 0 Å². The number of carbonyl (C=O) groups is 1. The molecule has 5 fully saturated rings. The SMILES string of the molecule is CC1(c2cccc3cc(C(=O)N[C@@H]4C5CCN(CC5)C45CC5)sc23)CC1.Cl. The molecule has 3 aliphatic heterocycles. The van der Waals surface area contributed by atoms with Crippen LogP contribution in [0.15, 0.2) is 24.3 Å². The predicted molar refractivity (Wildman–Crippen MR) is 113 cm³/mol. The number of fused-ring (bicyclic) bond motifs is 3. The maximum Gasteiger partial charge on any atom is 0.261 e. The van der Waals surface area contributed by atoms with Crippen molar-refractivity contribution in [3.8, 4) is 0 Å². The van der Waals surface area contributed by atoms with E-state index in [9.17, 15) is 4.79 Å². The van der Waals surface area contributed by atoms with Gasteiger partial charge < -0.3 is 5.32 Å². The standard InChI is InChI=1S/C22H26N2OS.ClH/c1-21(7-8-21)16-4-2-3-15-13-17(26-18(15)16)20(25)23-19-14-5-11-24(12-6-14)22(19)9-10-22;/h2-4,13-14,19H,5-12H2,1H3,(H,23,25);1H/t19-;/m1./s1. The Morgan fingerprint density at radius 3 is 2.59 bits per heavy atom. The van der Waals surface area contributed by atoms with Crippen LogP contribution in [0.5, 0.6) is 0 Å². The Hall–Kier alpha value is -1.10. The zero-order valence-electron chi connectivity index (χ0n) is 15.8. The highest BCUT2D eigenvalue weighted by Gasteiger charge is 2.60. The van der Waals surface area contributed by atoms with Crippen molar-refractivity contribution in [2.75, 3.05) is 13.1 Å². The maximum absolute atomic E-state index is 13.1. The average molecular weight is 403 g/mol. The fraction of sp³-hybridized carbons (Fsp3) is 0.591.